The van der Waals surface area contributed by atoms with Crippen LogP contribution >= 0.6 is 0 Å². The summed E-state index contributed by atoms with van der Waals surface area (Å²) in [5.74, 6) is -0.761. The molecule has 0 aliphatic carbocycles. The van der Waals surface area contributed by atoms with Crippen molar-refractivity contribution in [2.24, 2.45) is 0 Å². The third-order valence-corrected chi connectivity index (χ3v) is 2.58. The molecule has 3 nitrogen and oxygen atoms in total. The average molecular weight is 203 g/mol. The maximum Gasteiger partial charge on any atom is 0.326 e. The topological polar surface area (TPSA) is 40.5 Å². The molecule has 0 bridgehead atoms. The van der Waals surface area contributed by atoms with E-state index in [2.05, 4.69) is 0 Å². The Morgan fingerprint density at radius 2 is 2.00 bits per heavy atom. The normalized spacial score (nSPS) is 20.3. The van der Waals surface area contributed by atoms with E-state index in [-0.39, 0.29) is 0 Å². The molecule has 1 aliphatic rings. The van der Waals surface area contributed by atoms with Crippen molar-refractivity contribution in [3.63, 3.8) is 0 Å². The smallest absolute Gasteiger partial charge is 0.326 e. The summed E-state index contributed by atoms with van der Waals surface area (Å²) in [6, 6.07) is 9.22. The lowest BCUT2D eigenvalue weighted by Gasteiger charge is -2.31. The minimum Gasteiger partial charge on any atom is -0.480 e. The first kappa shape index (κ1) is 9.77. The molecule has 0 amide bonds. The number of carboxylic acids is 1. The van der Waals surface area contributed by atoms with Crippen LogP contribution in [0.4, 0.5) is 5.69 Å². The molecular weight excluding hydrogens is 190 g/mol. The van der Waals surface area contributed by atoms with Crippen molar-refractivity contribution in [2.75, 3.05) is 11.4 Å². The number of aliphatic carboxylic acids is 1. The molecule has 15 heavy (non-hydrogen) atoms. The van der Waals surface area contributed by atoms with Gasteiger partial charge in [-0.25, -0.2) is 4.79 Å². The summed E-state index contributed by atoms with van der Waals surface area (Å²) < 4.78 is 0. The molecule has 1 atom stereocenters. The highest BCUT2D eigenvalue weighted by Crippen LogP contribution is 2.21. The summed E-state index contributed by atoms with van der Waals surface area (Å²) in [5.41, 5.74) is 0.967. The molecule has 0 saturated carbocycles. The largest absolute Gasteiger partial charge is 0.480 e. The van der Waals surface area contributed by atoms with Gasteiger partial charge in [-0.15, -0.1) is 0 Å². The first-order valence-corrected chi connectivity index (χ1v) is 4.98. The monoisotopic (exact) mass is 203 g/mol. The SMILES string of the molecule is O=C(O)C1CC=CCN1c1ccccc1. The van der Waals surface area contributed by atoms with Crippen LogP contribution in [0.25, 0.3) is 0 Å². The van der Waals surface area contributed by atoms with Crippen LogP contribution in [0.5, 0.6) is 0 Å². The highest BCUT2D eigenvalue weighted by molar-refractivity contribution is 5.79. The van der Waals surface area contributed by atoms with Crippen LogP contribution in [-0.2, 0) is 4.79 Å². The number of hydrogen-bond acceptors (Lipinski definition) is 2. The van der Waals surface area contributed by atoms with E-state index in [1.54, 1.807) is 0 Å². The zero-order valence-corrected chi connectivity index (χ0v) is 8.34. The van der Waals surface area contributed by atoms with E-state index >= 15 is 0 Å². The minimum absolute atomic E-state index is 0.433. The Labute approximate surface area is 88.6 Å². The summed E-state index contributed by atoms with van der Waals surface area (Å²) >= 11 is 0. The average Bonchev–Trinajstić information content (AvgIpc) is 2.30. The maximum atomic E-state index is 11.1. The summed E-state index contributed by atoms with van der Waals surface area (Å²) in [6.07, 6.45) is 4.51. The molecule has 78 valence electrons. The van der Waals surface area contributed by atoms with Gasteiger partial charge in [0, 0.05) is 12.2 Å². The molecule has 1 aliphatic heterocycles. The molecule has 1 aromatic carbocycles. The van der Waals surface area contributed by atoms with E-state index in [1.165, 1.54) is 0 Å². The first-order valence-electron chi connectivity index (χ1n) is 4.98. The fraction of sp³-hybridized carbons (Fsp3) is 0.250. The number of hydrogen-bond donors (Lipinski definition) is 1. The Hall–Kier alpha value is -1.77. The molecule has 1 unspecified atom stereocenters. The van der Waals surface area contributed by atoms with Crippen LogP contribution in [0.1, 0.15) is 6.42 Å². The second kappa shape index (κ2) is 4.17. The van der Waals surface area contributed by atoms with Gasteiger partial charge in [0.25, 0.3) is 0 Å². The van der Waals surface area contributed by atoms with Crippen LogP contribution in [0.15, 0.2) is 42.5 Å². The standard InChI is InChI=1S/C12H13NO2/c14-12(15)11-8-4-5-9-13(11)10-6-2-1-3-7-10/h1-7,11H,8-9H2,(H,14,15). The van der Waals surface area contributed by atoms with Gasteiger partial charge in [-0.2, -0.15) is 0 Å². The van der Waals surface area contributed by atoms with Crippen molar-refractivity contribution in [1.82, 2.24) is 0 Å². The fourth-order valence-electron chi connectivity index (χ4n) is 1.81. The van der Waals surface area contributed by atoms with E-state index < -0.39 is 12.0 Å². The zero-order chi connectivity index (χ0) is 10.7. The van der Waals surface area contributed by atoms with E-state index in [0.29, 0.717) is 13.0 Å². The highest BCUT2D eigenvalue weighted by Gasteiger charge is 2.25. The van der Waals surface area contributed by atoms with Gasteiger partial charge in [0.05, 0.1) is 0 Å². The van der Waals surface area contributed by atoms with Crippen LogP contribution < -0.4 is 4.90 Å². The molecule has 3 heteroatoms. The van der Waals surface area contributed by atoms with E-state index in [0.717, 1.165) is 5.69 Å². The van der Waals surface area contributed by atoms with Crippen LogP contribution in [0.2, 0.25) is 0 Å². The first-order chi connectivity index (χ1) is 7.29. The number of rotatable bonds is 2. The Morgan fingerprint density at radius 1 is 1.27 bits per heavy atom. The second-order valence-corrected chi connectivity index (χ2v) is 3.55. The molecule has 0 fully saturated rings. The van der Waals surface area contributed by atoms with E-state index in [9.17, 15) is 4.79 Å². The minimum atomic E-state index is -0.761. The van der Waals surface area contributed by atoms with Crippen molar-refractivity contribution in [3.05, 3.63) is 42.5 Å². The third kappa shape index (κ3) is 2.01. The van der Waals surface area contributed by atoms with Crippen LogP contribution in [0.3, 0.4) is 0 Å². The number of nitrogens with zero attached hydrogens (tertiary/aromatic N) is 1. The van der Waals surface area contributed by atoms with Crippen molar-refractivity contribution in [1.29, 1.82) is 0 Å². The molecule has 2 rings (SSSR count). The Balaban J connectivity index is 2.27. The van der Waals surface area contributed by atoms with Crippen molar-refractivity contribution < 1.29 is 9.90 Å². The van der Waals surface area contributed by atoms with Gasteiger partial charge < -0.3 is 10.0 Å². The molecule has 0 radical (unpaired) electrons. The van der Waals surface area contributed by atoms with Crippen LogP contribution in [0, 0.1) is 0 Å². The Morgan fingerprint density at radius 3 is 2.67 bits per heavy atom. The lowest BCUT2D eigenvalue weighted by atomic mass is 10.1. The number of anilines is 1. The number of benzene rings is 1. The highest BCUT2D eigenvalue weighted by atomic mass is 16.4. The molecule has 1 heterocycles. The molecule has 1 aromatic rings. The lowest BCUT2D eigenvalue weighted by Crippen LogP contribution is -2.43. The number of para-hydroxylation sites is 1. The summed E-state index contributed by atoms with van der Waals surface area (Å²) in [5, 5.41) is 9.09. The van der Waals surface area contributed by atoms with Gasteiger partial charge in [-0.05, 0) is 18.6 Å². The predicted molar refractivity (Wildman–Crippen MR) is 59.0 cm³/mol. The molecule has 0 saturated heterocycles. The number of carbonyl (C=O) groups is 1. The molecule has 0 spiro atoms. The summed E-state index contributed by atoms with van der Waals surface area (Å²) in [4.78, 5) is 13.0. The molecular formula is C12H13NO2. The number of carboxylic acid groups (broad SMARTS) is 1. The Bertz CT molecular complexity index is 372. The zero-order valence-electron chi connectivity index (χ0n) is 8.34. The second-order valence-electron chi connectivity index (χ2n) is 3.55. The van der Waals surface area contributed by atoms with Crippen LogP contribution in [-0.4, -0.2) is 23.7 Å². The van der Waals surface area contributed by atoms with Crippen molar-refractivity contribution in [3.8, 4) is 0 Å². The van der Waals surface area contributed by atoms with Gasteiger partial charge in [0.2, 0.25) is 0 Å². The Kier molecular flexibility index (Phi) is 2.72. The quantitative estimate of drug-likeness (QED) is 0.746. The van der Waals surface area contributed by atoms with Gasteiger partial charge >= 0.3 is 5.97 Å². The van der Waals surface area contributed by atoms with Crippen molar-refractivity contribution in [2.45, 2.75) is 12.5 Å². The predicted octanol–water partition coefficient (Wildman–Crippen LogP) is 1.91. The van der Waals surface area contributed by atoms with Gasteiger partial charge in [-0.1, -0.05) is 30.4 Å². The maximum absolute atomic E-state index is 11.1. The van der Waals surface area contributed by atoms with E-state index in [4.69, 9.17) is 5.11 Å². The molecule has 0 aromatic heterocycles. The summed E-state index contributed by atoms with van der Waals surface area (Å²) in [6.45, 7) is 0.668. The fourth-order valence-corrected chi connectivity index (χ4v) is 1.81. The third-order valence-electron chi connectivity index (χ3n) is 2.58. The van der Waals surface area contributed by atoms with Gasteiger partial charge in [0.15, 0.2) is 0 Å². The molecule has 1 N–H and O–H groups in total. The summed E-state index contributed by atoms with van der Waals surface area (Å²) in [7, 11) is 0. The van der Waals surface area contributed by atoms with Gasteiger partial charge in [-0.3, -0.25) is 0 Å². The lowest BCUT2D eigenvalue weighted by molar-refractivity contribution is -0.138. The van der Waals surface area contributed by atoms with Gasteiger partial charge in [0.1, 0.15) is 6.04 Å². The van der Waals surface area contributed by atoms with E-state index in [1.807, 2.05) is 47.4 Å². The van der Waals surface area contributed by atoms with Crippen molar-refractivity contribution >= 4 is 11.7 Å².